The van der Waals surface area contributed by atoms with E-state index >= 15 is 0 Å². The van der Waals surface area contributed by atoms with E-state index in [0.29, 0.717) is 16.9 Å². The molecule has 2 aromatic heterocycles. The van der Waals surface area contributed by atoms with Gasteiger partial charge in [0.1, 0.15) is 12.3 Å². The van der Waals surface area contributed by atoms with Gasteiger partial charge in [0.05, 0.1) is 11.3 Å². The summed E-state index contributed by atoms with van der Waals surface area (Å²) in [6, 6.07) is 18.7. The van der Waals surface area contributed by atoms with Gasteiger partial charge >= 0.3 is 5.97 Å². The zero-order valence-corrected chi connectivity index (χ0v) is 17.2. The maximum Gasteiger partial charge on any atom is 0.339 e. The maximum atomic E-state index is 13.1. The van der Waals surface area contributed by atoms with Crippen LogP contribution in [0, 0.1) is 13.8 Å². The zero-order chi connectivity index (χ0) is 22.0. The van der Waals surface area contributed by atoms with Crippen LogP contribution in [0.15, 0.2) is 77.7 Å². The summed E-state index contributed by atoms with van der Waals surface area (Å²) in [5, 5.41) is 0. The van der Waals surface area contributed by atoms with Crippen molar-refractivity contribution >= 4 is 17.4 Å². The first kappa shape index (κ1) is 20.2. The molecule has 0 aliphatic carbocycles. The molecule has 0 N–H and O–H groups in total. The lowest BCUT2D eigenvalue weighted by Gasteiger charge is -2.11. The molecule has 2 aromatic carbocycles. The molecular weight excluding hydrogens is 392 g/mol. The summed E-state index contributed by atoms with van der Waals surface area (Å²) in [6.45, 7) is 3.60. The molecule has 0 amide bonds. The topological polar surface area (TPSA) is 77.7 Å². The molecule has 6 heteroatoms. The number of ether oxygens (including phenoxy) is 1. The molecule has 0 spiro atoms. The van der Waals surface area contributed by atoms with E-state index in [1.807, 2.05) is 32.0 Å². The molecule has 0 aliphatic heterocycles. The van der Waals surface area contributed by atoms with Crippen molar-refractivity contribution in [2.45, 2.75) is 20.5 Å². The van der Waals surface area contributed by atoms with E-state index in [9.17, 15) is 14.4 Å². The highest BCUT2D eigenvalue weighted by molar-refractivity contribution is 6.15. The van der Waals surface area contributed by atoms with E-state index in [1.54, 1.807) is 48.7 Å². The van der Waals surface area contributed by atoms with E-state index in [0.717, 1.165) is 11.1 Å². The minimum atomic E-state index is -0.649. The number of aromatic nitrogens is 2. The van der Waals surface area contributed by atoms with Crippen LogP contribution in [-0.2, 0) is 11.3 Å². The van der Waals surface area contributed by atoms with Gasteiger partial charge in [-0.2, -0.15) is 0 Å². The lowest BCUT2D eigenvalue weighted by Crippen LogP contribution is -2.17. The Kier molecular flexibility index (Phi) is 5.45. The fraction of sp³-hybridized carbons (Fsp3) is 0.120. The van der Waals surface area contributed by atoms with Crippen LogP contribution in [0.4, 0.5) is 0 Å². The van der Waals surface area contributed by atoms with Crippen LogP contribution in [0.25, 0.3) is 5.65 Å². The predicted molar refractivity (Wildman–Crippen MR) is 116 cm³/mol. The first-order valence-corrected chi connectivity index (χ1v) is 9.79. The summed E-state index contributed by atoms with van der Waals surface area (Å²) in [5.41, 5.74) is 3.32. The maximum absolute atomic E-state index is 13.1. The summed E-state index contributed by atoms with van der Waals surface area (Å²) in [6.07, 6.45) is 1.62. The standard InChI is InChI=1S/C25H20N2O4/c1-16-10-11-17(2)21(13-16)24(29)19-7-3-4-8-20(19)25(30)31-15-18-14-23(28)27-12-6-5-9-22(27)26-18/h3-14H,15H2,1-2H3. The highest BCUT2D eigenvalue weighted by Gasteiger charge is 2.20. The molecule has 154 valence electrons. The van der Waals surface area contributed by atoms with Crippen LogP contribution in [0.2, 0.25) is 0 Å². The smallest absolute Gasteiger partial charge is 0.339 e. The van der Waals surface area contributed by atoms with Crippen LogP contribution in [0.3, 0.4) is 0 Å². The van der Waals surface area contributed by atoms with Crippen molar-refractivity contribution in [1.82, 2.24) is 9.38 Å². The third kappa shape index (κ3) is 4.14. The van der Waals surface area contributed by atoms with Crippen LogP contribution >= 0.6 is 0 Å². The lowest BCUT2D eigenvalue weighted by molar-refractivity contribution is 0.0465. The van der Waals surface area contributed by atoms with Gasteiger partial charge in [-0.3, -0.25) is 14.0 Å². The molecule has 0 aliphatic rings. The van der Waals surface area contributed by atoms with Gasteiger partial charge in [-0.1, -0.05) is 42.0 Å². The average Bonchev–Trinajstić information content (AvgIpc) is 2.78. The molecule has 31 heavy (non-hydrogen) atoms. The number of carbonyl (C=O) groups excluding carboxylic acids is 2. The van der Waals surface area contributed by atoms with Crippen molar-refractivity contribution in [3.63, 3.8) is 0 Å². The molecule has 0 unspecified atom stereocenters. The van der Waals surface area contributed by atoms with Gasteiger partial charge < -0.3 is 4.74 Å². The molecule has 0 fully saturated rings. The third-order valence-electron chi connectivity index (χ3n) is 5.00. The van der Waals surface area contributed by atoms with Crippen molar-refractivity contribution < 1.29 is 14.3 Å². The molecule has 0 bridgehead atoms. The summed E-state index contributed by atoms with van der Waals surface area (Å²) in [5.74, 6) is -0.889. The SMILES string of the molecule is Cc1ccc(C)c(C(=O)c2ccccc2C(=O)OCc2cc(=O)n3ccccc3n2)c1. The van der Waals surface area contributed by atoms with Crippen LogP contribution in [0.1, 0.15) is 43.1 Å². The Balaban J connectivity index is 1.60. The van der Waals surface area contributed by atoms with Gasteiger partial charge in [-0.25, -0.2) is 9.78 Å². The van der Waals surface area contributed by atoms with Gasteiger partial charge in [0.25, 0.3) is 5.56 Å². The highest BCUT2D eigenvalue weighted by Crippen LogP contribution is 2.20. The number of benzene rings is 2. The second-order valence-corrected chi connectivity index (χ2v) is 7.28. The number of rotatable bonds is 5. The largest absolute Gasteiger partial charge is 0.456 e. The van der Waals surface area contributed by atoms with E-state index in [4.69, 9.17) is 4.74 Å². The van der Waals surface area contributed by atoms with Gasteiger partial charge in [0, 0.05) is 23.4 Å². The number of esters is 1. The number of ketones is 1. The Labute approximate surface area is 178 Å². The van der Waals surface area contributed by atoms with Crippen molar-refractivity contribution in [1.29, 1.82) is 0 Å². The molecule has 6 nitrogen and oxygen atoms in total. The Morgan fingerprint density at radius 2 is 1.65 bits per heavy atom. The molecule has 4 aromatic rings. The van der Waals surface area contributed by atoms with E-state index in [1.165, 1.54) is 10.5 Å². The molecule has 0 saturated heterocycles. The highest BCUT2D eigenvalue weighted by atomic mass is 16.5. The van der Waals surface area contributed by atoms with Crippen molar-refractivity contribution in [2.24, 2.45) is 0 Å². The van der Waals surface area contributed by atoms with Crippen LogP contribution < -0.4 is 5.56 Å². The third-order valence-corrected chi connectivity index (χ3v) is 5.00. The van der Waals surface area contributed by atoms with Crippen LogP contribution in [0.5, 0.6) is 0 Å². The summed E-state index contributed by atoms with van der Waals surface area (Å²) < 4.78 is 6.80. The number of pyridine rings is 1. The minimum Gasteiger partial charge on any atom is -0.456 e. The average molecular weight is 412 g/mol. The second kappa shape index (κ2) is 8.36. The monoisotopic (exact) mass is 412 g/mol. The van der Waals surface area contributed by atoms with Gasteiger partial charge in [-0.15, -0.1) is 0 Å². The first-order chi connectivity index (χ1) is 14.9. The number of hydrogen-bond acceptors (Lipinski definition) is 5. The van der Waals surface area contributed by atoms with Gasteiger partial charge in [0.15, 0.2) is 5.78 Å². The Hall–Kier alpha value is -4.06. The quantitative estimate of drug-likeness (QED) is 0.367. The fourth-order valence-electron chi connectivity index (χ4n) is 3.38. The summed E-state index contributed by atoms with van der Waals surface area (Å²) in [7, 11) is 0. The summed E-state index contributed by atoms with van der Waals surface area (Å²) in [4.78, 5) is 42.5. The fourth-order valence-corrected chi connectivity index (χ4v) is 3.38. The predicted octanol–water partition coefficient (Wildman–Crippen LogP) is 3.90. The Morgan fingerprint density at radius 1 is 0.903 bits per heavy atom. The number of nitrogens with zero attached hydrogens (tertiary/aromatic N) is 2. The first-order valence-electron chi connectivity index (χ1n) is 9.79. The molecule has 0 radical (unpaired) electrons. The van der Waals surface area contributed by atoms with E-state index in [-0.39, 0.29) is 29.1 Å². The van der Waals surface area contributed by atoms with Gasteiger partial charge in [0.2, 0.25) is 0 Å². The minimum absolute atomic E-state index is 0.172. The number of hydrogen-bond donors (Lipinski definition) is 0. The van der Waals surface area contributed by atoms with E-state index in [2.05, 4.69) is 4.98 Å². The molecule has 4 rings (SSSR count). The lowest BCUT2D eigenvalue weighted by atomic mass is 9.94. The number of aryl methyl sites for hydroxylation is 2. The normalized spacial score (nSPS) is 10.8. The van der Waals surface area contributed by atoms with E-state index < -0.39 is 5.97 Å². The van der Waals surface area contributed by atoms with Crippen molar-refractivity contribution in [2.75, 3.05) is 0 Å². The number of carbonyl (C=O) groups is 2. The molecule has 0 saturated carbocycles. The van der Waals surface area contributed by atoms with Crippen molar-refractivity contribution in [3.8, 4) is 0 Å². The molecular formula is C25H20N2O4. The second-order valence-electron chi connectivity index (χ2n) is 7.28. The molecule has 2 heterocycles. The Bertz CT molecular complexity index is 1370. The van der Waals surface area contributed by atoms with Crippen LogP contribution in [-0.4, -0.2) is 21.1 Å². The summed E-state index contributed by atoms with van der Waals surface area (Å²) >= 11 is 0. The zero-order valence-electron chi connectivity index (χ0n) is 17.2. The number of fused-ring (bicyclic) bond motifs is 1. The molecule has 0 atom stereocenters. The Morgan fingerprint density at radius 3 is 2.45 bits per heavy atom. The van der Waals surface area contributed by atoms with Crippen molar-refractivity contribution in [3.05, 3.63) is 117 Å². The van der Waals surface area contributed by atoms with Gasteiger partial charge in [-0.05, 0) is 43.7 Å².